The number of phosphoric acid groups is 1. The molecule has 0 aromatic carbocycles. The summed E-state index contributed by atoms with van der Waals surface area (Å²) in [7, 11) is -4.73. The lowest BCUT2D eigenvalue weighted by Crippen LogP contribution is -2.29. The molecule has 1 atom stereocenters. The largest absolute Gasteiger partial charge is 0.469 e. The van der Waals surface area contributed by atoms with Crippen molar-refractivity contribution in [3.8, 4) is 0 Å². The molecule has 226 valence electrons. The summed E-state index contributed by atoms with van der Waals surface area (Å²) in [5.41, 5.74) is 0. The molecule has 1 unspecified atom stereocenters. The number of ether oxygens (including phenoxy) is 2. The van der Waals surface area contributed by atoms with Crippen LogP contribution in [0.4, 0.5) is 0 Å². The van der Waals surface area contributed by atoms with Gasteiger partial charge in [0.15, 0.2) is 6.10 Å². The van der Waals surface area contributed by atoms with Gasteiger partial charge in [0.1, 0.15) is 6.61 Å². The topological polar surface area (TPSA) is 119 Å². The van der Waals surface area contributed by atoms with Crippen molar-refractivity contribution in [1.29, 1.82) is 0 Å². The smallest absolute Gasteiger partial charge is 0.462 e. The van der Waals surface area contributed by atoms with Gasteiger partial charge in [-0.3, -0.25) is 14.1 Å². The number of unbranched alkanes of at least 4 members (excludes halogenated alkanes) is 10. The van der Waals surface area contributed by atoms with Gasteiger partial charge in [0, 0.05) is 12.8 Å². The summed E-state index contributed by atoms with van der Waals surface area (Å²) in [4.78, 5) is 42.0. The lowest BCUT2D eigenvalue weighted by molar-refractivity contribution is -0.161. The van der Waals surface area contributed by atoms with E-state index in [9.17, 15) is 14.2 Å². The number of carbonyl (C=O) groups excluding carboxylic acids is 2. The van der Waals surface area contributed by atoms with E-state index in [2.05, 4.69) is 54.8 Å². The van der Waals surface area contributed by atoms with E-state index < -0.39 is 32.5 Å². The van der Waals surface area contributed by atoms with E-state index in [0.29, 0.717) is 12.8 Å². The van der Waals surface area contributed by atoms with Crippen LogP contribution in [0.15, 0.2) is 36.5 Å². The Morgan fingerprint density at radius 3 is 1.85 bits per heavy atom. The number of allylic oxidation sites excluding steroid dienone is 6. The number of phosphoric ester groups is 1. The molecule has 39 heavy (non-hydrogen) atoms. The molecule has 0 aliphatic rings. The number of carbonyl (C=O) groups is 2. The van der Waals surface area contributed by atoms with Crippen molar-refractivity contribution in [2.75, 3.05) is 13.2 Å². The van der Waals surface area contributed by atoms with Crippen LogP contribution in [-0.4, -0.2) is 41.0 Å². The fourth-order valence-corrected chi connectivity index (χ4v) is 4.10. The van der Waals surface area contributed by atoms with Gasteiger partial charge in [0.05, 0.1) is 6.61 Å². The Balaban J connectivity index is 3.96. The van der Waals surface area contributed by atoms with Crippen molar-refractivity contribution in [2.45, 2.75) is 129 Å². The van der Waals surface area contributed by atoms with E-state index in [-0.39, 0.29) is 19.4 Å². The van der Waals surface area contributed by atoms with Crippen LogP contribution in [0.1, 0.15) is 123 Å². The van der Waals surface area contributed by atoms with Gasteiger partial charge < -0.3 is 19.3 Å². The molecule has 0 heterocycles. The molecule has 0 aliphatic heterocycles. The minimum absolute atomic E-state index is 0.200. The van der Waals surface area contributed by atoms with Crippen LogP contribution in [0, 0.1) is 0 Å². The van der Waals surface area contributed by atoms with Gasteiger partial charge in [-0.2, -0.15) is 0 Å². The highest BCUT2D eigenvalue weighted by Gasteiger charge is 2.22. The molecule has 0 rings (SSSR count). The van der Waals surface area contributed by atoms with Gasteiger partial charge in [0.25, 0.3) is 0 Å². The molecular formula is C30H53O8P. The van der Waals surface area contributed by atoms with Crippen LogP contribution in [-0.2, 0) is 28.2 Å². The third-order valence-corrected chi connectivity index (χ3v) is 6.41. The van der Waals surface area contributed by atoms with Crippen LogP contribution in [0.5, 0.6) is 0 Å². The lowest BCUT2D eigenvalue weighted by Gasteiger charge is -2.18. The van der Waals surface area contributed by atoms with Crippen LogP contribution in [0.3, 0.4) is 0 Å². The third-order valence-electron chi connectivity index (χ3n) is 5.92. The van der Waals surface area contributed by atoms with E-state index in [1.807, 2.05) is 0 Å². The molecule has 9 heteroatoms. The zero-order valence-electron chi connectivity index (χ0n) is 24.3. The van der Waals surface area contributed by atoms with E-state index in [1.54, 1.807) is 0 Å². The van der Waals surface area contributed by atoms with Crippen LogP contribution >= 0.6 is 7.82 Å². The highest BCUT2D eigenvalue weighted by Crippen LogP contribution is 2.35. The first-order valence-corrected chi connectivity index (χ1v) is 16.3. The van der Waals surface area contributed by atoms with Gasteiger partial charge in [0.2, 0.25) is 0 Å². The Morgan fingerprint density at radius 1 is 0.692 bits per heavy atom. The lowest BCUT2D eigenvalue weighted by atomic mass is 10.1. The van der Waals surface area contributed by atoms with E-state index in [0.717, 1.165) is 64.2 Å². The maximum Gasteiger partial charge on any atom is 0.469 e. The predicted molar refractivity (Wildman–Crippen MR) is 156 cm³/mol. The molecule has 0 amide bonds. The fraction of sp³-hybridized carbons (Fsp3) is 0.733. The molecule has 8 nitrogen and oxygen atoms in total. The highest BCUT2D eigenvalue weighted by atomic mass is 31.2. The summed E-state index contributed by atoms with van der Waals surface area (Å²) in [5.74, 6) is -0.921. The molecule has 2 N–H and O–H groups in total. The molecule has 0 bridgehead atoms. The van der Waals surface area contributed by atoms with Crippen molar-refractivity contribution in [3.63, 3.8) is 0 Å². The Bertz CT molecular complexity index is 741. The number of hydrogen-bond acceptors (Lipinski definition) is 6. The quantitative estimate of drug-likeness (QED) is 0.0465. The number of rotatable bonds is 26. The normalized spacial score (nSPS) is 13.0. The summed E-state index contributed by atoms with van der Waals surface area (Å²) < 4.78 is 25.9. The monoisotopic (exact) mass is 572 g/mol. The average Bonchev–Trinajstić information content (AvgIpc) is 2.89. The second-order valence-electron chi connectivity index (χ2n) is 9.70. The van der Waals surface area contributed by atoms with E-state index >= 15 is 0 Å². The molecule has 0 saturated heterocycles. The second-order valence-corrected chi connectivity index (χ2v) is 10.9. The van der Waals surface area contributed by atoms with Gasteiger partial charge in [-0.25, -0.2) is 4.57 Å². The van der Waals surface area contributed by atoms with Crippen LogP contribution in [0.25, 0.3) is 0 Å². The zero-order valence-corrected chi connectivity index (χ0v) is 25.2. The SMILES string of the molecule is CC/C=C\C/C=C\C/C=C\CCCCCCCCCC(=O)OC(COC(=O)CCCCCC)COP(=O)(O)O. The summed E-state index contributed by atoms with van der Waals surface area (Å²) >= 11 is 0. The second kappa shape index (κ2) is 26.5. The van der Waals surface area contributed by atoms with Crippen molar-refractivity contribution >= 4 is 19.8 Å². The summed E-state index contributed by atoms with van der Waals surface area (Å²) in [6, 6.07) is 0. The van der Waals surface area contributed by atoms with Gasteiger partial charge in [-0.15, -0.1) is 0 Å². The maximum atomic E-state index is 12.2. The first-order valence-electron chi connectivity index (χ1n) is 14.8. The van der Waals surface area contributed by atoms with Crippen LogP contribution in [0.2, 0.25) is 0 Å². The Labute approximate surface area is 236 Å². The van der Waals surface area contributed by atoms with Gasteiger partial charge in [-0.05, 0) is 44.9 Å². The predicted octanol–water partition coefficient (Wildman–Crippen LogP) is 7.89. The standard InChI is InChI=1S/C30H53O8P/c1-3-5-7-9-10-11-12-13-14-15-16-17-18-19-20-21-23-25-30(32)38-28(27-37-39(33,34)35)26-36-29(31)24-22-8-6-4-2/h5,7,10-11,13-14,28H,3-4,6,8-9,12,15-27H2,1-2H3,(H2,33,34,35)/b7-5-,11-10-,14-13-. The number of hydrogen-bond donors (Lipinski definition) is 2. The molecular weight excluding hydrogens is 519 g/mol. The first-order chi connectivity index (χ1) is 18.8. The van der Waals surface area contributed by atoms with Crippen molar-refractivity contribution < 1.29 is 37.9 Å². The summed E-state index contributed by atoms with van der Waals surface area (Å²) in [6.07, 6.45) is 27.9. The molecule has 0 aromatic rings. The minimum atomic E-state index is -4.73. The Morgan fingerprint density at radius 2 is 1.23 bits per heavy atom. The molecule has 0 spiro atoms. The average molecular weight is 573 g/mol. The fourth-order valence-electron chi connectivity index (χ4n) is 3.74. The van der Waals surface area contributed by atoms with Crippen LogP contribution < -0.4 is 0 Å². The molecule has 0 saturated carbocycles. The molecule has 0 radical (unpaired) electrons. The summed E-state index contributed by atoms with van der Waals surface area (Å²) in [5, 5.41) is 0. The van der Waals surface area contributed by atoms with E-state index in [4.69, 9.17) is 19.3 Å². The van der Waals surface area contributed by atoms with Gasteiger partial charge >= 0.3 is 19.8 Å². The maximum absolute atomic E-state index is 12.2. The summed E-state index contributed by atoms with van der Waals surface area (Å²) in [6.45, 7) is 3.38. The number of esters is 2. The zero-order chi connectivity index (χ0) is 29.0. The minimum Gasteiger partial charge on any atom is -0.462 e. The van der Waals surface area contributed by atoms with E-state index in [1.165, 1.54) is 19.3 Å². The molecule has 0 aromatic heterocycles. The van der Waals surface area contributed by atoms with Crippen molar-refractivity contribution in [2.24, 2.45) is 0 Å². The molecule has 0 aliphatic carbocycles. The Kier molecular flexibility index (Phi) is 25.3. The molecule has 0 fully saturated rings. The Hall–Kier alpha value is -1.73. The van der Waals surface area contributed by atoms with Crippen molar-refractivity contribution in [1.82, 2.24) is 0 Å². The van der Waals surface area contributed by atoms with Crippen molar-refractivity contribution in [3.05, 3.63) is 36.5 Å². The first kappa shape index (κ1) is 37.3. The highest BCUT2D eigenvalue weighted by molar-refractivity contribution is 7.46. The van der Waals surface area contributed by atoms with Gasteiger partial charge in [-0.1, -0.05) is 102 Å². The third kappa shape index (κ3) is 29.1.